The van der Waals surface area contributed by atoms with Gasteiger partial charge in [-0.2, -0.15) is 0 Å². The fourth-order valence-electron chi connectivity index (χ4n) is 3.50. The van der Waals surface area contributed by atoms with Crippen LogP contribution < -0.4 is 9.80 Å². The van der Waals surface area contributed by atoms with Crippen molar-refractivity contribution in [2.75, 3.05) is 26.2 Å². The summed E-state index contributed by atoms with van der Waals surface area (Å²) in [6, 6.07) is 17.8. The molecule has 1 saturated heterocycles. The topological polar surface area (TPSA) is 8.88 Å². The molecule has 2 aromatic rings. The van der Waals surface area contributed by atoms with Gasteiger partial charge in [-0.3, -0.25) is 0 Å². The predicted octanol–water partition coefficient (Wildman–Crippen LogP) is 0.787. The zero-order chi connectivity index (χ0) is 15.4. The van der Waals surface area contributed by atoms with Gasteiger partial charge in [0.25, 0.3) is 0 Å². The molecule has 1 aliphatic heterocycles. The molecule has 0 aromatic heterocycles. The van der Waals surface area contributed by atoms with Crippen molar-refractivity contribution in [3.63, 3.8) is 0 Å². The van der Waals surface area contributed by atoms with E-state index in [4.69, 9.17) is 0 Å². The number of quaternary nitrogens is 2. The van der Waals surface area contributed by atoms with Crippen LogP contribution in [0.5, 0.6) is 0 Å². The average Bonchev–Trinajstić information content (AvgIpc) is 2.52. The molecule has 0 bridgehead atoms. The summed E-state index contributed by atoms with van der Waals surface area (Å²) in [6.07, 6.45) is 0. The van der Waals surface area contributed by atoms with E-state index in [-0.39, 0.29) is 0 Å². The van der Waals surface area contributed by atoms with Gasteiger partial charge in [-0.25, -0.2) is 0 Å². The van der Waals surface area contributed by atoms with Crippen molar-refractivity contribution >= 4 is 0 Å². The van der Waals surface area contributed by atoms with Gasteiger partial charge in [0.2, 0.25) is 0 Å². The van der Waals surface area contributed by atoms with Gasteiger partial charge in [-0.1, -0.05) is 54.1 Å². The van der Waals surface area contributed by atoms with Crippen LogP contribution in [0.1, 0.15) is 22.3 Å². The zero-order valence-electron chi connectivity index (χ0n) is 13.9. The maximum absolute atomic E-state index is 2.33. The van der Waals surface area contributed by atoms with Gasteiger partial charge in [0, 0.05) is 11.1 Å². The molecule has 2 heteroatoms. The van der Waals surface area contributed by atoms with Gasteiger partial charge < -0.3 is 9.80 Å². The molecule has 0 unspecified atom stereocenters. The first-order chi connectivity index (χ1) is 10.7. The minimum Gasteiger partial charge on any atom is -0.322 e. The Labute approximate surface area is 134 Å². The third-order valence-corrected chi connectivity index (χ3v) is 4.90. The van der Waals surface area contributed by atoms with Crippen LogP contribution in [-0.4, -0.2) is 26.2 Å². The highest BCUT2D eigenvalue weighted by molar-refractivity contribution is 5.24. The predicted molar refractivity (Wildman–Crippen MR) is 91.2 cm³/mol. The molecule has 0 spiro atoms. The molecule has 0 amide bonds. The molecule has 0 saturated carbocycles. The zero-order valence-corrected chi connectivity index (χ0v) is 13.9. The monoisotopic (exact) mass is 296 g/mol. The van der Waals surface area contributed by atoms with Gasteiger partial charge in [-0.15, -0.1) is 0 Å². The first-order valence-electron chi connectivity index (χ1n) is 8.48. The molecular formula is C20H28N2+2. The first-order valence-corrected chi connectivity index (χ1v) is 8.48. The quantitative estimate of drug-likeness (QED) is 0.825. The number of piperazine rings is 1. The molecule has 0 radical (unpaired) electrons. The van der Waals surface area contributed by atoms with E-state index < -0.39 is 0 Å². The van der Waals surface area contributed by atoms with Gasteiger partial charge in [0.1, 0.15) is 39.3 Å². The van der Waals surface area contributed by atoms with Crippen molar-refractivity contribution in [3.8, 4) is 0 Å². The molecule has 1 heterocycles. The van der Waals surface area contributed by atoms with E-state index >= 15 is 0 Å². The van der Waals surface area contributed by atoms with E-state index in [1.54, 1.807) is 9.80 Å². The second-order valence-corrected chi connectivity index (χ2v) is 6.77. The van der Waals surface area contributed by atoms with E-state index in [0.717, 1.165) is 0 Å². The minimum atomic E-state index is 1.18. The van der Waals surface area contributed by atoms with E-state index in [0.29, 0.717) is 0 Å². The summed E-state index contributed by atoms with van der Waals surface area (Å²) in [4.78, 5) is 3.47. The Morgan fingerprint density at radius 2 is 1.45 bits per heavy atom. The van der Waals surface area contributed by atoms with E-state index in [1.165, 1.54) is 61.5 Å². The lowest BCUT2D eigenvalue weighted by atomic mass is 10.1. The molecular weight excluding hydrogens is 268 g/mol. The Balaban J connectivity index is 1.51. The molecule has 22 heavy (non-hydrogen) atoms. The fourth-order valence-corrected chi connectivity index (χ4v) is 3.50. The molecule has 3 rings (SSSR count). The average molecular weight is 296 g/mol. The molecule has 0 atom stereocenters. The normalized spacial score (nSPS) is 21.7. The highest BCUT2D eigenvalue weighted by Gasteiger charge is 2.23. The SMILES string of the molecule is Cc1cccc(C[NH+]2CC[NH+](Cc3ccccc3C)CC2)c1. The smallest absolute Gasteiger partial charge is 0.127 e. The Bertz CT molecular complexity index is 613. The van der Waals surface area contributed by atoms with Crippen molar-refractivity contribution in [3.05, 3.63) is 70.8 Å². The van der Waals surface area contributed by atoms with Crippen LogP contribution in [-0.2, 0) is 13.1 Å². The molecule has 116 valence electrons. The summed E-state index contributed by atoms with van der Waals surface area (Å²) in [5.74, 6) is 0. The highest BCUT2D eigenvalue weighted by Crippen LogP contribution is 2.05. The lowest BCUT2D eigenvalue weighted by molar-refractivity contribution is -1.02. The third kappa shape index (κ3) is 3.96. The lowest BCUT2D eigenvalue weighted by Crippen LogP contribution is -3.27. The van der Waals surface area contributed by atoms with Crippen molar-refractivity contribution < 1.29 is 9.80 Å². The number of benzene rings is 2. The number of hydrogen-bond donors (Lipinski definition) is 2. The van der Waals surface area contributed by atoms with Crippen molar-refractivity contribution in [2.45, 2.75) is 26.9 Å². The Kier molecular flexibility index (Phi) is 4.91. The van der Waals surface area contributed by atoms with Gasteiger partial charge in [-0.05, 0) is 19.4 Å². The van der Waals surface area contributed by atoms with Crippen molar-refractivity contribution in [1.29, 1.82) is 0 Å². The van der Waals surface area contributed by atoms with Crippen molar-refractivity contribution in [2.24, 2.45) is 0 Å². The third-order valence-electron chi connectivity index (χ3n) is 4.90. The molecule has 2 N–H and O–H groups in total. The Morgan fingerprint density at radius 3 is 2.14 bits per heavy atom. The van der Waals surface area contributed by atoms with E-state index in [2.05, 4.69) is 62.4 Å². The second kappa shape index (κ2) is 7.08. The summed E-state index contributed by atoms with van der Waals surface area (Å²) in [5, 5.41) is 0. The fraction of sp³-hybridized carbons (Fsp3) is 0.400. The summed E-state index contributed by atoms with van der Waals surface area (Å²) in [5.41, 5.74) is 5.81. The first kappa shape index (κ1) is 15.3. The minimum absolute atomic E-state index is 1.18. The van der Waals surface area contributed by atoms with E-state index in [1.807, 2.05) is 0 Å². The van der Waals surface area contributed by atoms with Crippen LogP contribution in [0.3, 0.4) is 0 Å². The number of aryl methyl sites for hydroxylation is 2. The Morgan fingerprint density at radius 1 is 0.773 bits per heavy atom. The summed E-state index contributed by atoms with van der Waals surface area (Å²) in [7, 11) is 0. The molecule has 1 fully saturated rings. The van der Waals surface area contributed by atoms with Crippen LogP contribution in [0, 0.1) is 13.8 Å². The molecule has 2 aromatic carbocycles. The number of rotatable bonds is 4. The lowest BCUT2D eigenvalue weighted by Gasteiger charge is -2.30. The summed E-state index contributed by atoms with van der Waals surface area (Å²) in [6.45, 7) is 11.9. The largest absolute Gasteiger partial charge is 0.322 e. The molecule has 2 nitrogen and oxygen atoms in total. The van der Waals surface area contributed by atoms with Crippen LogP contribution >= 0.6 is 0 Å². The second-order valence-electron chi connectivity index (χ2n) is 6.77. The maximum Gasteiger partial charge on any atom is 0.127 e. The van der Waals surface area contributed by atoms with Gasteiger partial charge >= 0.3 is 0 Å². The van der Waals surface area contributed by atoms with Crippen LogP contribution in [0.4, 0.5) is 0 Å². The Hall–Kier alpha value is -1.64. The maximum atomic E-state index is 2.33. The summed E-state index contributed by atoms with van der Waals surface area (Å²) >= 11 is 0. The van der Waals surface area contributed by atoms with Gasteiger partial charge in [0.15, 0.2) is 0 Å². The molecule has 0 aliphatic carbocycles. The van der Waals surface area contributed by atoms with Crippen LogP contribution in [0.2, 0.25) is 0 Å². The van der Waals surface area contributed by atoms with Crippen LogP contribution in [0.15, 0.2) is 48.5 Å². The summed E-state index contributed by atoms with van der Waals surface area (Å²) < 4.78 is 0. The van der Waals surface area contributed by atoms with Crippen LogP contribution in [0.25, 0.3) is 0 Å². The van der Waals surface area contributed by atoms with Crippen molar-refractivity contribution in [1.82, 2.24) is 0 Å². The van der Waals surface area contributed by atoms with Gasteiger partial charge in [0.05, 0.1) is 0 Å². The molecule has 1 aliphatic rings. The number of hydrogen-bond acceptors (Lipinski definition) is 0. The van der Waals surface area contributed by atoms with E-state index in [9.17, 15) is 0 Å². The number of nitrogens with one attached hydrogen (secondary N) is 2. The standard InChI is InChI=1S/C20H26N2/c1-17-6-5-8-19(14-17)15-21-10-12-22(13-11-21)16-20-9-4-3-7-18(20)2/h3-9,14H,10-13,15-16H2,1-2H3/p+2. The highest BCUT2D eigenvalue weighted by atomic mass is 15.3.